The molecule has 1 aliphatic rings. The minimum absolute atomic E-state index is 0.104. The van der Waals surface area contributed by atoms with Crippen molar-refractivity contribution in [3.05, 3.63) is 95.6 Å². The van der Waals surface area contributed by atoms with Crippen molar-refractivity contribution in [2.75, 3.05) is 43.4 Å². The Labute approximate surface area is 201 Å². The molecule has 0 aromatic heterocycles. The van der Waals surface area contributed by atoms with Crippen LogP contribution in [0.3, 0.4) is 0 Å². The fraction of sp³-hybridized carbons (Fsp3) is 0.192. The molecule has 1 fully saturated rings. The molecule has 0 unspecified atom stereocenters. The fourth-order valence-electron chi connectivity index (χ4n) is 3.80. The van der Waals surface area contributed by atoms with Gasteiger partial charge in [0.1, 0.15) is 11.6 Å². The predicted octanol–water partition coefficient (Wildman–Crippen LogP) is 3.61. The van der Waals surface area contributed by atoms with Gasteiger partial charge in [-0.3, -0.25) is 19.3 Å². The molecule has 3 aromatic rings. The van der Waals surface area contributed by atoms with Gasteiger partial charge in [-0.2, -0.15) is 0 Å². The highest BCUT2D eigenvalue weighted by molar-refractivity contribution is 6.10. The molecule has 0 radical (unpaired) electrons. The van der Waals surface area contributed by atoms with Gasteiger partial charge in [0.2, 0.25) is 5.91 Å². The SMILES string of the molecule is O=C(CN1CCN(C(=O)c2ccc(F)cc2)CC1)Nc1ccccc1C(=O)Nc1ccc(F)cc1. The Kier molecular flexibility index (Phi) is 7.47. The van der Waals surface area contributed by atoms with Crippen LogP contribution in [0.25, 0.3) is 0 Å². The van der Waals surface area contributed by atoms with Crippen LogP contribution in [-0.2, 0) is 4.79 Å². The van der Waals surface area contributed by atoms with Crippen molar-refractivity contribution < 1.29 is 23.2 Å². The molecule has 9 heteroatoms. The number of rotatable bonds is 6. The zero-order valence-electron chi connectivity index (χ0n) is 18.8. The molecule has 2 N–H and O–H groups in total. The first-order chi connectivity index (χ1) is 16.9. The Balaban J connectivity index is 1.31. The maximum atomic E-state index is 13.1. The van der Waals surface area contributed by atoms with Gasteiger partial charge >= 0.3 is 0 Å². The van der Waals surface area contributed by atoms with Crippen molar-refractivity contribution in [1.29, 1.82) is 0 Å². The summed E-state index contributed by atoms with van der Waals surface area (Å²) in [4.78, 5) is 41.6. The molecule has 0 aliphatic carbocycles. The van der Waals surface area contributed by atoms with Crippen LogP contribution >= 0.6 is 0 Å². The van der Waals surface area contributed by atoms with Crippen molar-refractivity contribution in [2.24, 2.45) is 0 Å². The van der Waals surface area contributed by atoms with Crippen LogP contribution < -0.4 is 10.6 Å². The molecule has 3 aromatic carbocycles. The van der Waals surface area contributed by atoms with E-state index in [4.69, 9.17) is 0 Å². The highest BCUT2D eigenvalue weighted by atomic mass is 19.1. The fourth-order valence-corrected chi connectivity index (χ4v) is 3.80. The van der Waals surface area contributed by atoms with E-state index < -0.39 is 17.5 Å². The lowest BCUT2D eigenvalue weighted by Crippen LogP contribution is -2.50. The maximum Gasteiger partial charge on any atom is 0.257 e. The van der Waals surface area contributed by atoms with E-state index in [1.165, 1.54) is 48.5 Å². The summed E-state index contributed by atoms with van der Waals surface area (Å²) in [6.45, 7) is 2.01. The number of nitrogens with one attached hydrogen (secondary N) is 2. The minimum Gasteiger partial charge on any atom is -0.336 e. The van der Waals surface area contributed by atoms with Crippen LogP contribution in [0, 0.1) is 11.6 Å². The lowest BCUT2D eigenvalue weighted by Gasteiger charge is -2.34. The van der Waals surface area contributed by atoms with E-state index in [0.29, 0.717) is 43.1 Å². The van der Waals surface area contributed by atoms with Crippen molar-refractivity contribution in [2.45, 2.75) is 0 Å². The molecule has 3 amide bonds. The van der Waals surface area contributed by atoms with Crippen LogP contribution in [0.2, 0.25) is 0 Å². The molecule has 180 valence electrons. The average molecular weight is 478 g/mol. The number of benzene rings is 3. The van der Waals surface area contributed by atoms with E-state index in [-0.39, 0.29) is 23.9 Å². The van der Waals surface area contributed by atoms with Gasteiger partial charge in [-0.05, 0) is 60.7 Å². The number of anilines is 2. The second kappa shape index (κ2) is 10.9. The van der Waals surface area contributed by atoms with Crippen molar-refractivity contribution in [3.63, 3.8) is 0 Å². The quantitative estimate of drug-likeness (QED) is 0.567. The Morgan fingerprint density at radius 2 is 1.34 bits per heavy atom. The third-order valence-electron chi connectivity index (χ3n) is 5.67. The number of hydrogen-bond acceptors (Lipinski definition) is 4. The van der Waals surface area contributed by atoms with Crippen molar-refractivity contribution in [1.82, 2.24) is 9.80 Å². The standard InChI is InChI=1S/C26H24F2N4O3/c27-19-7-5-18(6-8-19)26(35)32-15-13-31(14-16-32)17-24(33)30-23-4-2-1-3-22(23)25(34)29-21-11-9-20(28)10-12-21/h1-12H,13-17H2,(H,29,34)(H,30,33). The lowest BCUT2D eigenvalue weighted by molar-refractivity contribution is -0.117. The first-order valence-electron chi connectivity index (χ1n) is 11.1. The van der Waals surface area contributed by atoms with Gasteiger partial charge in [0.25, 0.3) is 11.8 Å². The summed E-state index contributed by atoms with van der Waals surface area (Å²) >= 11 is 0. The molecule has 1 aliphatic heterocycles. The van der Waals surface area contributed by atoms with Crippen LogP contribution in [-0.4, -0.2) is 60.2 Å². The van der Waals surface area contributed by atoms with Gasteiger partial charge < -0.3 is 15.5 Å². The van der Waals surface area contributed by atoms with E-state index in [1.54, 1.807) is 29.2 Å². The normalized spacial score (nSPS) is 13.8. The first kappa shape index (κ1) is 24.0. The largest absolute Gasteiger partial charge is 0.336 e. The zero-order chi connectivity index (χ0) is 24.8. The molecule has 1 heterocycles. The Morgan fingerprint density at radius 3 is 2.00 bits per heavy atom. The number of amides is 3. The van der Waals surface area contributed by atoms with Crippen LogP contribution in [0.15, 0.2) is 72.8 Å². The first-order valence-corrected chi connectivity index (χ1v) is 11.1. The lowest BCUT2D eigenvalue weighted by atomic mass is 10.1. The van der Waals surface area contributed by atoms with E-state index in [9.17, 15) is 23.2 Å². The van der Waals surface area contributed by atoms with Gasteiger partial charge in [-0.15, -0.1) is 0 Å². The summed E-state index contributed by atoms with van der Waals surface area (Å²) in [5, 5.41) is 5.47. The van der Waals surface area contributed by atoms with Crippen LogP contribution in [0.5, 0.6) is 0 Å². The Morgan fingerprint density at radius 1 is 0.743 bits per heavy atom. The topological polar surface area (TPSA) is 81.8 Å². The zero-order valence-corrected chi connectivity index (χ0v) is 18.8. The summed E-state index contributed by atoms with van der Waals surface area (Å²) in [6, 6.07) is 17.5. The molecule has 7 nitrogen and oxygen atoms in total. The number of para-hydroxylation sites is 1. The number of carbonyl (C=O) groups is 3. The summed E-state index contributed by atoms with van der Waals surface area (Å²) in [6.07, 6.45) is 0. The van der Waals surface area contributed by atoms with Gasteiger partial charge in [-0.25, -0.2) is 8.78 Å². The molecule has 4 rings (SSSR count). The van der Waals surface area contributed by atoms with Crippen LogP contribution in [0.1, 0.15) is 20.7 Å². The third kappa shape index (κ3) is 6.27. The van der Waals surface area contributed by atoms with E-state index in [2.05, 4.69) is 10.6 Å². The second-order valence-electron chi connectivity index (χ2n) is 8.13. The molecule has 0 saturated carbocycles. The van der Waals surface area contributed by atoms with Crippen LogP contribution in [0.4, 0.5) is 20.2 Å². The van der Waals surface area contributed by atoms with Crippen molar-refractivity contribution in [3.8, 4) is 0 Å². The highest BCUT2D eigenvalue weighted by Gasteiger charge is 2.24. The number of halogens is 2. The minimum atomic E-state index is -0.430. The summed E-state index contributed by atoms with van der Waals surface area (Å²) in [5.74, 6) is -1.69. The molecular weight excluding hydrogens is 454 g/mol. The second-order valence-corrected chi connectivity index (χ2v) is 8.13. The third-order valence-corrected chi connectivity index (χ3v) is 5.67. The summed E-state index contributed by atoms with van der Waals surface area (Å²) in [7, 11) is 0. The number of piperazine rings is 1. The summed E-state index contributed by atoms with van der Waals surface area (Å²) < 4.78 is 26.2. The highest BCUT2D eigenvalue weighted by Crippen LogP contribution is 2.18. The average Bonchev–Trinajstić information content (AvgIpc) is 2.86. The molecule has 0 atom stereocenters. The van der Waals surface area contributed by atoms with E-state index in [0.717, 1.165) is 0 Å². The van der Waals surface area contributed by atoms with E-state index >= 15 is 0 Å². The molecular formula is C26H24F2N4O3. The monoisotopic (exact) mass is 478 g/mol. The number of nitrogens with zero attached hydrogens (tertiary/aromatic N) is 2. The molecule has 0 spiro atoms. The van der Waals surface area contributed by atoms with Gasteiger partial charge in [0.15, 0.2) is 0 Å². The van der Waals surface area contributed by atoms with Gasteiger partial charge in [0.05, 0.1) is 17.8 Å². The number of carbonyl (C=O) groups excluding carboxylic acids is 3. The molecule has 1 saturated heterocycles. The van der Waals surface area contributed by atoms with Gasteiger partial charge in [-0.1, -0.05) is 12.1 Å². The maximum absolute atomic E-state index is 13.1. The number of hydrogen-bond donors (Lipinski definition) is 2. The smallest absolute Gasteiger partial charge is 0.257 e. The summed E-state index contributed by atoms with van der Waals surface area (Å²) in [5.41, 5.74) is 1.50. The molecule has 0 bridgehead atoms. The Hall–Kier alpha value is -4.11. The Bertz CT molecular complexity index is 1210. The molecule has 35 heavy (non-hydrogen) atoms. The predicted molar refractivity (Wildman–Crippen MR) is 128 cm³/mol. The van der Waals surface area contributed by atoms with Gasteiger partial charge in [0, 0.05) is 37.4 Å². The van der Waals surface area contributed by atoms with Crippen molar-refractivity contribution >= 4 is 29.1 Å². The van der Waals surface area contributed by atoms with E-state index in [1.807, 2.05) is 4.90 Å².